The number of rotatable bonds is 5. The minimum Gasteiger partial charge on any atom is -0.321 e. The van der Waals surface area contributed by atoms with E-state index in [9.17, 15) is 0 Å². The number of nitrogens with one attached hydrogen (secondary N) is 1. The van der Waals surface area contributed by atoms with E-state index in [0.29, 0.717) is 11.2 Å². The van der Waals surface area contributed by atoms with Gasteiger partial charge in [-0.1, -0.05) is 18.0 Å². The van der Waals surface area contributed by atoms with Crippen LogP contribution in [0.4, 0.5) is 0 Å². The zero-order valence-electron chi connectivity index (χ0n) is 11.3. The molecule has 1 fully saturated rings. The lowest BCUT2D eigenvalue weighted by Gasteiger charge is -2.35. The van der Waals surface area contributed by atoms with Crippen LogP contribution in [0.5, 0.6) is 0 Å². The van der Waals surface area contributed by atoms with Gasteiger partial charge in [-0.05, 0) is 39.4 Å². The molecule has 1 N–H and O–H groups in total. The summed E-state index contributed by atoms with van der Waals surface area (Å²) in [6, 6.07) is 0.682. The molecule has 5 heteroatoms. The first-order chi connectivity index (χ1) is 8.72. The van der Waals surface area contributed by atoms with Crippen LogP contribution in [0.15, 0.2) is 6.20 Å². The van der Waals surface area contributed by atoms with E-state index in [4.69, 9.17) is 11.6 Å². The van der Waals surface area contributed by atoms with Gasteiger partial charge in [-0.15, -0.1) is 0 Å². The first kappa shape index (κ1) is 13.8. The Hall–Kier alpha value is -0.580. The normalized spacial score (nSPS) is 21.4. The van der Waals surface area contributed by atoms with Crippen LogP contribution in [0, 0.1) is 0 Å². The predicted molar refractivity (Wildman–Crippen MR) is 74.8 cm³/mol. The van der Waals surface area contributed by atoms with E-state index in [1.165, 1.54) is 32.2 Å². The summed E-state index contributed by atoms with van der Waals surface area (Å²) >= 11 is 6.04. The first-order valence-corrected chi connectivity index (χ1v) is 7.15. The summed E-state index contributed by atoms with van der Waals surface area (Å²) in [4.78, 5) is 6.95. The van der Waals surface area contributed by atoms with E-state index < -0.39 is 0 Å². The molecule has 2 rings (SSSR count). The van der Waals surface area contributed by atoms with Crippen LogP contribution in [0.25, 0.3) is 0 Å². The van der Waals surface area contributed by atoms with E-state index in [0.717, 1.165) is 18.9 Å². The minimum atomic E-state index is 0.682. The Kier molecular flexibility index (Phi) is 5.03. The van der Waals surface area contributed by atoms with Crippen molar-refractivity contribution < 1.29 is 0 Å². The highest BCUT2D eigenvalue weighted by atomic mass is 35.5. The lowest BCUT2D eigenvalue weighted by atomic mass is 9.99. The quantitative estimate of drug-likeness (QED) is 0.889. The summed E-state index contributed by atoms with van der Waals surface area (Å²) in [5, 5.41) is 3.96. The van der Waals surface area contributed by atoms with Crippen molar-refractivity contribution in [1.82, 2.24) is 19.8 Å². The molecule has 1 atom stereocenters. The Bertz CT molecular complexity index is 377. The Balaban J connectivity index is 1.98. The summed E-state index contributed by atoms with van der Waals surface area (Å²) < 4.78 is 1.98. The molecule has 2 heterocycles. The average molecular weight is 271 g/mol. The Morgan fingerprint density at radius 3 is 3.00 bits per heavy atom. The van der Waals surface area contributed by atoms with E-state index >= 15 is 0 Å². The van der Waals surface area contributed by atoms with Crippen LogP contribution >= 0.6 is 11.6 Å². The second-order valence-corrected chi connectivity index (χ2v) is 5.46. The van der Waals surface area contributed by atoms with Crippen LogP contribution in [0.3, 0.4) is 0 Å². The summed E-state index contributed by atoms with van der Waals surface area (Å²) in [7, 11) is 4.00. The zero-order chi connectivity index (χ0) is 13.0. The Morgan fingerprint density at radius 2 is 2.33 bits per heavy atom. The fourth-order valence-electron chi connectivity index (χ4n) is 2.66. The van der Waals surface area contributed by atoms with Crippen molar-refractivity contribution >= 4 is 11.6 Å². The largest absolute Gasteiger partial charge is 0.321 e. The van der Waals surface area contributed by atoms with E-state index in [1.807, 2.05) is 18.7 Å². The van der Waals surface area contributed by atoms with Gasteiger partial charge in [0.25, 0.3) is 0 Å². The highest BCUT2D eigenvalue weighted by Gasteiger charge is 2.23. The summed E-state index contributed by atoms with van der Waals surface area (Å²) in [5.74, 6) is 1.07. The zero-order valence-corrected chi connectivity index (χ0v) is 12.1. The van der Waals surface area contributed by atoms with Gasteiger partial charge >= 0.3 is 0 Å². The molecule has 0 aromatic carbocycles. The van der Waals surface area contributed by atoms with Crippen LogP contribution in [-0.4, -0.2) is 40.6 Å². The molecule has 4 nitrogen and oxygen atoms in total. The van der Waals surface area contributed by atoms with E-state index in [2.05, 4.69) is 15.2 Å². The van der Waals surface area contributed by atoms with Gasteiger partial charge < -0.3 is 9.88 Å². The number of imidazole rings is 1. The molecule has 0 aliphatic carbocycles. The van der Waals surface area contributed by atoms with Crippen LogP contribution in [0.2, 0.25) is 5.15 Å². The summed E-state index contributed by atoms with van der Waals surface area (Å²) in [6.07, 6.45) is 6.92. The van der Waals surface area contributed by atoms with Crippen molar-refractivity contribution in [3.8, 4) is 0 Å². The van der Waals surface area contributed by atoms with Gasteiger partial charge in [-0.3, -0.25) is 4.90 Å². The molecular weight excluding hydrogens is 248 g/mol. The number of nitrogens with zero attached hydrogens (tertiary/aromatic N) is 3. The fourth-order valence-corrected chi connectivity index (χ4v) is 2.81. The molecule has 102 valence electrons. The van der Waals surface area contributed by atoms with Crippen molar-refractivity contribution in [3.05, 3.63) is 17.2 Å². The lowest BCUT2D eigenvalue weighted by Crippen LogP contribution is -2.40. The number of halogens is 1. The average Bonchev–Trinajstić information content (AvgIpc) is 2.70. The number of piperidine rings is 1. The minimum absolute atomic E-state index is 0.682. The van der Waals surface area contributed by atoms with Crippen LogP contribution in [-0.2, 0) is 13.6 Å². The van der Waals surface area contributed by atoms with Crippen LogP contribution < -0.4 is 5.32 Å². The van der Waals surface area contributed by atoms with Crippen molar-refractivity contribution in [3.63, 3.8) is 0 Å². The standard InChI is InChI=1S/C13H23ClN4/c1-15-7-6-11-5-3-4-8-18(11)10-13-16-9-12(14)17(13)2/h9,11,15H,3-8,10H2,1-2H3. The SMILES string of the molecule is CNCCC1CCCCN1Cc1ncc(Cl)n1C. The molecule has 1 saturated heterocycles. The number of hydrogen-bond donors (Lipinski definition) is 1. The third kappa shape index (κ3) is 3.25. The smallest absolute Gasteiger partial charge is 0.128 e. The fraction of sp³-hybridized carbons (Fsp3) is 0.769. The highest BCUT2D eigenvalue weighted by Crippen LogP contribution is 2.22. The summed E-state index contributed by atoms with van der Waals surface area (Å²) in [5.41, 5.74) is 0. The van der Waals surface area contributed by atoms with E-state index in [1.54, 1.807) is 6.20 Å². The molecule has 0 saturated carbocycles. The van der Waals surface area contributed by atoms with Crippen molar-refractivity contribution in [2.24, 2.45) is 7.05 Å². The maximum atomic E-state index is 6.04. The monoisotopic (exact) mass is 270 g/mol. The highest BCUT2D eigenvalue weighted by molar-refractivity contribution is 6.29. The van der Waals surface area contributed by atoms with Crippen LogP contribution in [0.1, 0.15) is 31.5 Å². The molecule has 0 amide bonds. The van der Waals surface area contributed by atoms with Gasteiger partial charge in [0.2, 0.25) is 0 Å². The van der Waals surface area contributed by atoms with Crippen molar-refractivity contribution in [2.45, 2.75) is 38.3 Å². The molecule has 1 unspecified atom stereocenters. The van der Waals surface area contributed by atoms with Gasteiger partial charge in [0.05, 0.1) is 12.7 Å². The van der Waals surface area contributed by atoms with Crippen molar-refractivity contribution in [2.75, 3.05) is 20.1 Å². The van der Waals surface area contributed by atoms with Gasteiger partial charge in [0.15, 0.2) is 0 Å². The Morgan fingerprint density at radius 1 is 1.50 bits per heavy atom. The molecule has 1 aromatic heterocycles. The van der Waals surface area contributed by atoms with Gasteiger partial charge in [-0.2, -0.15) is 0 Å². The topological polar surface area (TPSA) is 33.1 Å². The van der Waals surface area contributed by atoms with Gasteiger partial charge in [-0.25, -0.2) is 4.98 Å². The molecule has 0 spiro atoms. The lowest BCUT2D eigenvalue weighted by molar-refractivity contribution is 0.128. The maximum absolute atomic E-state index is 6.04. The van der Waals surface area contributed by atoms with E-state index in [-0.39, 0.29) is 0 Å². The molecule has 1 aliphatic rings. The van der Waals surface area contributed by atoms with Gasteiger partial charge in [0, 0.05) is 13.1 Å². The third-order valence-electron chi connectivity index (χ3n) is 3.85. The maximum Gasteiger partial charge on any atom is 0.128 e. The van der Waals surface area contributed by atoms with Gasteiger partial charge in [0.1, 0.15) is 11.0 Å². The predicted octanol–water partition coefficient (Wildman–Crippen LogP) is 2.04. The second-order valence-electron chi connectivity index (χ2n) is 5.07. The number of aromatic nitrogens is 2. The van der Waals surface area contributed by atoms with Crippen molar-refractivity contribution in [1.29, 1.82) is 0 Å². The molecule has 1 aliphatic heterocycles. The number of hydrogen-bond acceptors (Lipinski definition) is 3. The third-order valence-corrected chi connectivity index (χ3v) is 4.20. The molecular formula is C13H23ClN4. The molecule has 1 aromatic rings. The molecule has 0 radical (unpaired) electrons. The Labute approximate surface area is 114 Å². The number of likely N-dealkylation sites (tertiary alicyclic amines) is 1. The first-order valence-electron chi connectivity index (χ1n) is 6.77. The molecule has 18 heavy (non-hydrogen) atoms. The summed E-state index contributed by atoms with van der Waals surface area (Å²) in [6.45, 7) is 3.18. The molecule has 0 bridgehead atoms. The second kappa shape index (κ2) is 6.55.